The lowest BCUT2D eigenvalue weighted by Crippen LogP contribution is -2.34. The van der Waals surface area contributed by atoms with Crippen LogP contribution in [-0.2, 0) is 9.53 Å². The van der Waals surface area contributed by atoms with Crippen LogP contribution in [0.2, 0.25) is 5.02 Å². The third-order valence-corrected chi connectivity index (χ3v) is 3.79. The van der Waals surface area contributed by atoms with Crippen molar-refractivity contribution in [3.05, 3.63) is 47.0 Å². The molecule has 0 heterocycles. The first kappa shape index (κ1) is 16.2. The van der Waals surface area contributed by atoms with Crippen LogP contribution in [0.1, 0.15) is 29.6 Å². The number of carboxylic acid groups (broad SMARTS) is 1. The maximum Gasteiger partial charge on any atom is 0.506 e. The molecule has 1 aromatic carbocycles. The fourth-order valence-electron chi connectivity index (χ4n) is 2.41. The molecule has 0 bridgehead atoms. The van der Waals surface area contributed by atoms with E-state index >= 15 is 0 Å². The van der Waals surface area contributed by atoms with Gasteiger partial charge in [-0.15, -0.1) is 0 Å². The van der Waals surface area contributed by atoms with E-state index in [1.165, 1.54) is 0 Å². The quantitative estimate of drug-likeness (QED) is 0.388. The minimum absolute atomic E-state index is 0.278. The van der Waals surface area contributed by atoms with Gasteiger partial charge in [-0.25, -0.2) is 4.79 Å². The Morgan fingerprint density at radius 1 is 1.14 bits per heavy atom. The second-order valence-electron chi connectivity index (χ2n) is 5.04. The van der Waals surface area contributed by atoms with Crippen molar-refractivity contribution in [1.29, 1.82) is 0 Å². The normalized spacial score (nSPS) is 20.4. The van der Waals surface area contributed by atoms with Gasteiger partial charge in [0.2, 0.25) is 0 Å². The number of hydrogen-bond acceptors (Lipinski definition) is 4. The Morgan fingerprint density at radius 2 is 1.77 bits per heavy atom. The predicted molar refractivity (Wildman–Crippen MR) is 80.2 cm³/mol. The highest BCUT2D eigenvalue weighted by atomic mass is 35.5. The van der Waals surface area contributed by atoms with E-state index < -0.39 is 18.2 Å². The fraction of sp³-hybridized carbons (Fsp3) is 0.312. The number of rotatable bonds is 5. The van der Waals surface area contributed by atoms with Crippen LogP contribution in [0.25, 0.3) is 0 Å². The van der Waals surface area contributed by atoms with Crippen molar-refractivity contribution in [2.24, 2.45) is 5.92 Å². The van der Waals surface area contributed by atoms with E-state index in [9.17, 15) is 14.4 Å². The second kappa shape index (κ2) is 7.22. The molecule has 1 N–H and O–H groups in total. The number of benzene rings is 1. The lowest BCUT2D eigenvalue weighted by Gasteiger charge is -2.25. The first-order valence-corrected chi connectivity index (χ1v) is 7.21. The number of carbonyl (C=O) groups excluding carboxylic acids is 2. The largest absolute Gasteiger partial charge is 0.506 e. The summed E-state index contributed by atoms with van der Waals surface area (Å²) in [5.74, 6) is -1.24. The molecule has 2 rings (SSSR count). The van der Waals surface area contributed by atoms with Crippen LogP contribution in [0.5, 0.6) is 0 Å². The highest BCUT2D eigenvalue weighted by Gasteiger charge is 2.32. The number of halogens is 1. The van der Waals surface area contributed by atoms with E-state index in [-0.39, 0.29) is 18.0 Å². The predicted octanol–water partition coefficient (Wildman–Crippen LogP) is 3.51. The van der Waals surface area contributed by atoms with Gasteiger partial charge >= 0.3 is 6.16 Å². The van der Waals surface area contributed by atoms with E-state index in [4.69, 9.17) is 21.4 Å². The summed E-state index contributed by atoms with van der Waals surface area (Å²) in [7, 11) is 0. The highest BCUT2D eigenvalue weighted by Crippen LogP contribution is 2.25. The number of Topliss-reactive ketones (excluding diaryl/α,β-unsaturated/α-hetero) is 2. The molecule has 116 valence electrons. The van der Waals surface area contributed by atoms with Crippen molar-refractivity contribution in [3.63, 3.8) is 0 Å². The fourth-order valence-corrected chi connectivity index (χ4v) is 2.54. The molecular formula is C16H15ClO5. The van der Waals surface area contributed by atoms with Crippen LogP contribution in [0.3, 0.4) is 0 Å². The topological polar surface area (TPSA) is 80.7 Å². The van der Waals surface area contributed by atoms with E-state index in [0.717, 1.165) is 0 Å². The molecule has 0 fully saturated rings. The first-order valence-electron chi connectivity index (χ1n) is 6.83. The van der Waals surface area contributed by atoms with Gasteiger partial charge in [0, 0.05) is 17.0 Å². The molecular weight excluding hydrogens is 308 g/mol. The van der Waals surface area contributed by atoms with Crippen molar-refractivity contribution in [2.45, 2.75) is 25.4 Å². The van der Waals surface area contributed by atoms with Gasteiger partial charge in [-0.3, -0.25) is 9.59 Å². The van der Waals surface area contributed by atoms with Crippen LogP contribution in [-0.4, -0.2) is 28.9 Å². The highest BCUT2D eigenvalue weighted by molar-refractivity contribution is 6.30. The molecule has 2 atom stereocenters. The van der Waals surface area contributed by atoms with Crippen LogP contribution in [0, 0.1) is 5.92 Å². The Morgan fingerprint density at radius 3 is 2.41 bits per heavy atom. The van der Waals surface area contributed by atoms with Crippen molar-refractivity contribution < 1.29 is 24.2 Å². The van der Waals surface area contributed by atoms with Gasteiger partial charge in [0.05, 0.1) is 12.3 Å². The molecule has 1 aliphatic rings. The molecule has 0 radical (unpaired) electrons. The second-order valence-corrected chi connectivity index (χ2v) is 5.48. The molecule has 0 unspecified atom stereocenters. The van der Waals surface area contributed by atoms with Gasteiger partial charge in [0.15, 0.2) is 5.78 Å². The van der Waals surface area contributed by atoms with E-state index in [0.29, 0.717) is 23.4 Å². The Bertz CT molecular complexity index is 605. The Balaban J connectivity index is 2.03. The molecule has 22 heavy (non-hydrogen) atoms. The van der Waals surface area contributed by atoms with Gasteiger partial charge in [-0.2, -0.15) is 0 Å². The molecule has 0 aliphatic heterocycles. The van der Waals surface area contributed by atoms with Gasteiger partial charge in [-0.1, -0.05) is 23.8 Å². The van der Waals surface area contributed by atoms with Gasteiger partial charge in [-0.05, 0) is 30.7 Å². The molecule has 0 saturated heterocycles. The van der Waals surface area contributed by atoms with Gasteiger partial charge in [0.25, 0.3) is 0 Å². The summed E-state index contributed by atoms with van der Waals surface area (Å²) >= 11 is 5.75. The minimum Gasteiger partial charge on any atom is -0.450 e. The maximum absolute atomic E-state index is 12.3. The smallest absolute Gasteiger partial charge is 0.450 e. The lowest BCUT2D eigenvalue weighted by molar-refractivity contribution is -0.126. The first-order chi connectivity index (χ1) is 10.5. The van der Waals surface area contributed by atoms with E-state index in [1.54, 1.807) is 36.4 Å². The summed E-state index contributed by atoms with van der Waals surface area (Å²) in [6.07, 6.45) is 1.88. The molecule has 0 amide bonds. The molecule has 1 aromatic rings. The van der Waals surface area contributed by atoms with Crippen LogP contribution >= 0.6 is 11.6 Å². The SMILES string of the molecule is O=C(O)O[C@H]1CC=CC[C@H]1C(=O)CC(=O)c1ccc(Cl)cc1. The standard InChI is InChI=1S/C16H15ClO5/c17-11-7-5-10(6-8-11)13(18)9-14(19)12-3-1-2-4-15(12)22-16(20)21/h1-2,5-8,12,15H,3-4,9H2,(H,20,21)/t12-,15-/m0/s1. The van der Waals surface area contributed by atoms with E-state index in [2.05, 4.69) is 0 Å². The molecule has 0 aromatic heterocycles. The number of ketones is 2. The summed E-state index contributed by atoms with van der Waals surface area (Å²) in [5.41, 5.74) is 0.403. The van der Waals surface area contributed by atoms with Crippen LogP contribution in [0.15, 0.2) is 36.4 Å². The average Bonchev–Trinajstić information content (AvgIpc) is 2.47. The van der Waals surface area contributed by atoms with E-state index in [1.807, 2.05) is 0 Å². The maximum atomic E-state index is 12.3. The van der Waals surface area contributed by atoms with Gasteiger partial charge < -0.3 is 9.84 Å². The molecule has 1 aliphatic carbocycles. The summed E-state index contributed by atoms with van der Waals surface area (Å²) in [6, 6.07) is 6.28. The van der Waals surface area contributed by atoms with Crippen molar-refractivity contribution in [1.82, 2.24) is 0 Å². The molecule has 0 spiro atoms. The average molecular weight is 323 g/mol. The zero-order chi connectivity index (χ0) is 16.1. The van der Waals surface area contributed by atoms with Crippen LogP contribution in [0.4, 0.5) is 4.79 Å². The van der Waals surface area contributed by atoms with Crippen molar-refractivity contribution >= 4 is 29.3 Å². The molecule has 5 nitrogen and oxygen atoms in total. The number of carbonyl (C=O) groups is 3. The van der Waals surface area contributed by atoms with Crippen molar-refractivity contribution in [3.8, 4) is 0 Å². The monoisotopic (exact) mass is 322 g/mol. The third-order valence-electron chi connectivity index (χ3n) is 3.54. The minimum atomic E-state index is -1.41. The summed E-state index contributed by atoms with van der Waals surface area (Å²) in [5, 5.41) is 9.22. The summed E-state index contributed by atoms with van der Waals surface area (Å²) in [4.78, 5) is 35.1. The molecule has 6 heteroatoms. The lowest BCUT2D eigenvalue weighted by atomic mass is 9.85. The Hall–Kier alpha value is -2.14. The van der Waals surface area contributed by atoms with Crippen LogP contribution < -0.4 is 0 Å². The summed E-state index contributed by atoms with van der Waals surface area (Å²) < 4.78 is 4.74. The van der Waals surface area contributed by atoms with Crippen molar-refractivity contribution in [2.75, 3.05) is 0 Å². The van der Waals surface area contributed by atoms with Gasteiger partial charge in [0.1, 0.15) is 11.9 Å². The number of allylic oxidation sites excluding steroid dienone is 1. The summed E-state index contributed by atoms with van der Waals surface area (Å²) in [6.45, 7) is 0. The Kier molecular flexibility index (Phi) is 5.33. The zero-order valence-corrected chi connectivity index (χ0v) is 12.5. The third kappa shape index (κ3) is 4.18. The molecule has 0 saturated carbocycles. The number of ether oxygens (including phenoxy) is 1. The zero-order valence-electron chi connectivity index (χ0n) is 11.7. The Labute approximate surface area is 132 Å². The number of hydrogen-bond donors (Lipinski definition) is 1.